The summed E-state index contributed by atoms with van der Waals surface area (Å²) in [4.78, 5) is 16.6. The molecule has 0 amide bonds. The van der Waals surface area contributed by atoms with Crippen molar-refractivity contribution in [3.63, 3.8) is 0 Å². The summed E-state index contributed by atoms with van der Waals surface area (Å²) in [5.74, 6) is 0. The zero-order valence-electron chi connectivity index (χ0n) is 12.9. The average Bonchev–Trinajstić information content (AvgIpc) is 3.20. The van der Waals surface area contributed by atoms with Crippen LogP contribution in [0.4, 0.5) is 0 Å². The van der Waals surface area contributed by atoms with Gasteiger partial charge < -0.3 is 4.57 Å². The molecule has 1 aliphatic heterocycles. The molecule has 0 unspecified atom stereocenters. The minimum atomic E-state index is -3.51. The van der Waals surface area contributed by atoms with Crippen molar-refractivity contribution >= 4 is 21.4 Å². The van der Waals surface area contributed by atoms with Crippen molar-refractivity contribution in [3.05, 3.63) is 44.8 Å². The Hall–Kier alpha value is -1.51. The fraction of sp³-hybridized carbons (Fsp3) is 0.467. The molecule has 1 aliphatic rings. The first-order valence-corrected chi connectivity index (χ1v) is 9.96. The average molecular weight is 353 g/mol. The van der Waals surface area contributed by atoms with Crippen LogP contribution in [0.25, 0.3) is 0 Å². The number of rotatable bonds is 5. The monoisotopic (exact) mass is 353 g/mol. The van der Waals surface area contributed by atoms with E-state index in [4.69, 9.17) is 0 Å². The third-order valence-electron chi connectivity index (χ3n) is 3.89. The predicted octanol–water partition coefficient (Wildman–Crippen LogP) is 1.70. The molecule has 0 N–H and O–H groups in total. The van der Waals surface area contributed by atoms with E-state index in [-0.39, 0.29) is 10.5 Å². The van der Waals surface area contributed by atoms with Gasteiger partial charge in [0.25, 0.3) is 5.56 Å². The van der Waals surface area contributed by atoms with Crippen LogP contribution in [-0.4, -0.2) is 35.4 Å². The van der Waals surface area contributed by atoms with Gasteiger partial charge in [0.05, 0.1) is 22.1 Å². The van der Waals surface area contributed by atoms with E-state index >= 15 is 0 Å². The lowest BCUT2D eigenvalue weighted by molar-refractivity contribution is 0.476. The normalized spacial score (nSPS) is 16.0. The molecule has 0 spiro atoms. The summed E-state index contributed by atoms with van der Waals surface area (Å²) >= 11 is 1.55. The number of nitrogens with zero attached hydrogens (tertiary/aromatic N) is 3. The van der Waals surface area contributed by atoms with E-state index in [9.17, 15) is 13.2 Å². The highest BCUT2D eigenvalue weighted by Crippen LogP contribution is 2.20. The Kier molecular flexibility index (Phi) is 4.65. The second-order valence-electron chi connectivity index (χ2n) is 5.53. The Balaban J connectivity index is 1.91. The summed E-state index contributed by atoms with van der Waals surface area (Å²) in [6.45, 7) is 3.41. The Labute approximate surface area is 139 Å². The van der Waals surface area contributed by atoms with E-state index in [1.807, 2.05) is 12.3 Å². The first kappa shape index (κ1) is 16.4. The third-order valence-corrected chi connectivity index (χ3v) is 6.82. The smallest absolute Gasteiger partial charge is 0.250 e. The van der Waals surface area contributed by atoms with Gasteiger partial charge in [-0.25, -0.2) is 13.4 Å². The largest absolute Gasteiger partial charge is 0.308 e. The molecule has 0 aromatic carbocycles. The van der Waals surface area contributed by atoms with Crippen LogP contribution in [0, 0.1) is 0 Å². The molecule has 2 aromatic rings. The standard InChI is InChI=1S/C15H19N3O3S2/c1-2-14-16-12(11-22-14)9-17-10-13(5-6-15(17)19)23(20,21)18-7-3-4-8-18/h5-6,10-11H,2-4,7-9H2,1H3. The number of aromatic nitrogens is 2. The lowest BCUT2D eigenvalue weighted by Crippen LogP contribution is -2.29. The van der Waals surface area contributed by atoms with Gasteiger partial charge in [0.15, 0.2) is 0 Å². The third kappa shape index (κ3) is 3.39. The highest BCUT2D eigenvalue weighted by atomic mass is 32.2. The fourth-order valence-electron chi connectivity index (χ4n) is 2.62. The van der Waals surface area contributed by atoms with Crippen LogP contribution in [0.15, 0.2) is 33.4 Å². The Morgan fingerprint density at radius 1 is 1.26 bits per heavy atom. The van der Waals surface area contributed by atoms with Crippen molar-refractivity contribution < 1.29 is 8.42 Å². The second-order valence-corrected chi connectivity index (χ2v) is 8.41. The first-order chi connectivity index (χ1) is 11.0. The molecule has 23 heavy (non-hydrogen) atoms. The second kappa shape index (κ2) is 6.54. The van der Waals surface area contributed by atoms with Gasteiger partial charge in [0.1, 0.15) is 0 Å². The van der Waals surface area contributed by atoms with Crippen molar-refractivity contribution in [1.82, 2.24) is 13.9 Å². The van der Waals surface area contributed by atoms with E-state index < -0.39 is 10.0 Å². The molecule has 6 nitrogen and oxygen atoms in total. The van der Waals surface area contributed by atoms with E-state index in [2.05, 4.69) is 4.98 Å². The molecule has 3 rings (SSSR count). The van der Waals surface area contributed by atoms with E-state index in [1.165, 1.54) is 27.2 Å². The predicted molar refractivity (Wildman–Crippen MR) is 89.3 cm³/mol. The zero-order chi connectivity index (χ0) is 16.4. The van der Waals surface area contributed by atoms with Gasteiger partial charge in [-0.1, -0.05) is 6.92 Å². The van der Waals surface area contributed by atoms with Crippen molar-refractivity contribution in [3.8, 4) is 0 Å². The van der Waals surface area contributed by atoms with Crippen LogP contribution in [-0.2, 0) is 23.0 Å². The van der Waals surface area contributed by atoms with E-state index in [0.29, 0.717) is 19.6 Å². The SMILES string of the molecule is CCc1nc(Cn2cc(S(=O)(=O)N3CCCC3)ccc2=O)cs1. The summed E-state index contributed by atoms with van der Waals surface area (Å²) in [5, 5.41) is 2.92. The maximum atomic E-state index is 12.6. The highest BCUT2D eigenvalue weighted by molar-refractivity contribution is 7.89. The summed E-state index contributed by atoms with van der Waals surface area (Å²) in [6, 6.07) is 2.71. The summed E-state index contributed by atoms with van der Waals surface area (Å²) < 4.78 is 28.1. The van der Waals surface area contributed by atoms with Gasteiger partial charge in [-0.3, -0.25) is 4.79 Å². The van der Waals surface area contributed by atoms with Gasteiger partial charge in [0, 0.05) is 30.7 Å². The number of hydrogen-bond acceptors (Lipinski definition) is 5. The van der Waals surface area contributed by atoms with Gasteiger partial charge in [0.2, 0.25) is 10.0 Å². The molecule has 3 heterocycles. The van der Waals surface area contributed by atoms with Crippen LogP contribution in [0.2, 0.25) is 0 Å². The lowest BCUT2D eigenvalue weighted by atomic mass is 10.4. The van der Waals surface area contributed by atoms with Crippen LogP contribution >= 0.6 is 11.3 Å². The molecule has 1 saturated heterocycles. The number of aryl methyl sites for hydroxylation is 1. The van der Waals surface area contributed by atoms with Crippen LogP contribution < -0.4 is 5.56 Å². The number of thiazole rings is 1. The van der Waals surface area contributed by atoms with Crippen LogP contribution in [0.5, 0.6) is 0 Å². The molecule has 0 aliphatic carbocycles. The molecule has 1 fully saturated rings. The number of sulfonamides is 1. The van der Waals surface area contributed by atoms with Crippen molar-refractivity contribution in [2.24, 2.45) is 0 Å². The Bertz CT molecular complexity index is 849. The van der Waals surface area contributed by atoms with Crippen molar-refractivity contribution in [2.75, 3.05) is 13.1 Å². The fourth-order valence-corrected chi connectivity index (χ4v) is 4.90. The minimum Gasteiger partial charge on any atom is -0.308 e. The minimum absolute atomic E-state index is 0.171. The molecule has 0 saturated carbocycles. The maximum absolute atomic E-state index is 12.6. The summed E-state index contributed by atoms with van der Waals surface area (Å²) in [7, 11) is -3.51. The van der Waals surface area contributed by atoms with Crippen LogP contribution in [0.1, 0.15) is 30.5 Å². The Morgan fingerprint density at radius 3 is 2.65 bits per heavy atom. The summed E-state index contributed by atoms with van der Waals surface area (Å²) in [6.07, 6.45) is 4.05. The molecule has 8 heteroatoms. The van der Waals surface area contributed by atoms with Gasteiger partial charge in [-0.15, -0.1) is 11.3 Å². The molecule has 0 radical (unpaired) electrons. The summed E-state index contributed by atoms with van der Waals surface area (Å²) in [5.41, 5.74) is 0.557. The molecule has 124 valence electrons. The maximum Gasteiger partial charge on any atom is 0.250 e. The number of hydrogen-bond donors (Lipinski definition) is 0. The van der Waals surface area contributed by atoms with Crippen molar-refractivity contribution in [1.29, 1.82) is 0 Å². The quantitative estimate of drug-likeness (QED) is 0.820. The molecule has 2 aromatic heterocycles. The molecular weight excluding hydrogens is 334 g/mol. The highest BCUT2D eigenvalue weighted by Gasteiger charge is 2.27. The van der Waals surface area contributed by atoms with E-state index in [0.717, 1.165) is 30.0 Å². The first-order valence-electron chi connectivity index (χ1n) is 7.64. The molecular formula is C15H19N3O3S2. The topological polar surface area (TPSA) is 72.3 Å². The van der Waals surface area contributed by atoms with Gasteiger partial charge in [-0.2, -0.15) is 4.31 Å². The van der Waals surface area contributed by atoms with Gasteiger partial charge in [-0.05, 0) is 25.3 Å². The number of pyridine rings is 1. The zero-order valence-corrected chi connectivity index (χ0v) is 14.6. The molecule has 0 atom stereocenters. The Morgan fingerprint density at radius 2 is 2.00 bits per heavy atom. The van der Waals surface area contributed by atoms with E-state index in [1.54, 1.807) is 11.3 Å². The van der Waals surface area contributed by atoms with Gasteiger partial charge >= 0.3 is 0 Å². The van der Waals surface area contributed by atoms with Crippen molar-refractivity contribution in [2.45, 2.75) is 37.6 Å². The van der Waals surface area contributed by atoms with Crippen LogP contribution in [0.3, 0.4) is 0 Å². The molecule has 0 bridgehead atoms. The lowest BCUT2D eigenvalue weighted by Gasteiger charge is -2.16.